The molecule has 0 spiro atoms. The highest BCUT2D eigenvalue weighted by molar-refractivity contribution is 5.68. The number of anilines is 2. The Balaban J connectivity index is 2.44. The van der Waals surface area contributed by atoms with E-state index >= 15 is 0 Å². The summed E-state index contributed by atoms with van der Waals surface area (Å²) in [6.07, 6.45) is 6.28. The molecule has 18 heavy (non-hydrogen) atoms. The van der Waals surface area contributed by atoms with E-state index in [9.17, 15) is 0 Å². The SMILES string of the molecule is CCCCCCC(C)Nc1ccc(C#N)cc1N. The highest BCUT2D eigenvalue weighted by Gasteiger charge is 2.05. The molecule has 0 amide bonds. The summed E-state index contributed by atoms with van der Waals surface area (Å²) in [5.74, 6) is 0. The molecule has 0 saturated heterocycles. The first-order valence-corrected chi connectivity index (χ1v) is 6.73. The second-order valence-electron chi connectivity index (χ2n) is 4.81. The normalized spacial score (nSPS) is 11.8. The fourth-order valence-electron chi connectivity index (χ4n) is 1.98. The molecule has 0 saturated carbocycles. The van der Waals surface area contributed by atoms with Crippen molar-refractivity contribution in [1.82, 2.24) is 0 Å². The Hall–Kier alpha value is -1.69. The number of hydrogen-bond donors (Lipinski definition) is 2. The van der Waals surface area contributed by atoms with E-state index in [2.05, 4.69) is 25.2 Å². The van der Waals surface area contributed by atoms with Crippen LogP contribution in [0.2, 0.25) is 0 Å². The summed E-state index contributed by atoms with van der Waals surface area (Å²) >= 11 is 0. The van der Waals surface area contributed by atoms with Gasteiger partial charge in [-0.25, -0.2) is 0 Å². The fourth-order valence-corrected chi connectivity index (χ4v) is 1.98. The quantitative estimate of drug-likeness (QED) is 0.565. The number of nitrogens with one attached hydrogen (secondary N) is 1. The Bertz CT molecular complexity index is 407. The second-order valence-corrected chi connectivity index (χ2v) is 4.81. The van der Waals surface area contributed by atoms with Crippen LogP contribution >= 0.6 is 0 Å². The van der Waals surface area contributed by atoms with Crippen molar-refractivity contribution in [3.8, 4) is 6.07 Å². The Morgan fingerprint density at radius 3 is 2.72 bits per heavy atom. The van der Waals surface area contributed by atoms with Crippen molar-refractivity contribution in [3.63, 3.8) is 0 Å². The third kappa shape index (κ3) is 4.67. The lowest BCUT2D eigenvalue weighted by molar-refractivity contribution is 0.594. The summed E-state index contributed by atoms with van der Waals surface area (Å²) < 4.78 is 0. The van der Waals surface area contributed by atoms with Crippen molar-refractivity contribution < 1.29 is 0 Å². The van der Waals surface area contributed by atoms with Gasteiger partial charge in [-0.3, -0.25) is 0 Å². The third-order valence-corrected chi connectivity index (χ3v) is 3.07. The van der Waals surface area contributed by atoms with E-state index in [4.69, 9.17) is 11.0 Å². The fraction of sp³-hybridized carbons (Fsp3) is 0.533. The topological polar surface area (TPSA) is 61.8 Å². The van der Waals surface area contributed by atoms with Crippen LogP contribution in [0.1, 0.15) is 51.5 Å². The summed E-state index contributed by atoms with van der Waals surface area (Å²) in [6, 6.07) is 7.90. The molecule has 0 aliphatic rings. The molecule has 3 heteroatoms. The van der Waals surface area contributed by atoms with Gasteiger partial charge in [-0.15, -0.1) is 0 Å². The predicted octanol–water partition coefficient (Wildman–Crippen LogP) is 3.91. The van der Waals surface area contributed by atoms with Gasteiger partial charge in [-0.2, -0.15) is 5.26 Å². The number of nitrogens with zero attached hydrogens (tertiary/aromatic N) is 1. The lowest BCUT2D eigenvalue weighted by Gasteiger charge is -2.16. The van der Waals surface area contributed by atoms with Gasteiger partial charge >= 0.3 is 0 Å². The van der Waals surface area contributed by atoms with Crippen molar-refractivity contribution in [3.05, 3.63) is 23.8 Å². The van der Waals surface area contributed by atoms with E-state index < -0.39 is 0 Å². The molecule has 0 aliphatic carbocycles. The van der Waals surface area contributed by atoms with Crippen LogP contribution in [0.3, 0.4) is 0 Å². The van der Waals surface area contributed by atoms with E-state index in [1.165, 1.54) is 25.7 Å². The molecule has 0 bridgehead atoms. The van der Waals surface area contributed by atoms with E-state index in [0.717, 1.165) is 12.1 Å². The Labute approximate surface area is 110 Å². The number of nitrogens with two attached hydrogens (primary N) is 1. The van der Waals surface area contributed by atoms with Gasteiger partial charge in [0, 0.05) is 6.04 Å². The minimum atomic E-state index is 0.414. The average Bonchev–Trinajstić information content (AvgIpc) is 2.37. The third-order valence-electron chi connectivity index (χ3n) is 3.07. The smallest absolute Gasteiger partial charge is 0.0992 e. The molecule has 3 N–H and O–H groups in total. The van der Waals surface area contributed by atoms with Gasteiger partial charge < -0.3 is 11.1 Å². The van der Waals surface area contributed by atoms with Gasteiger partial charge in [0.25, 0.3) is 0 Å². The van der Waals surface area contributed by atoms with Crippen molar-refractivity contribution in [2.45, 2.75) is 52.0 Å². The molecule has 0 radical (unpaired) electrons. The first-order valence-electron chi connectivity index (χ1n) is 6.73. The van der Waals surface area contributed by atoms with Crippen LogP contribution in [-0.4, -0.2) is 6.04 Å². The molecular weight excluding hydrogens is 222 g/mol. The molecule has 1 aromatic carbocycles. The Morgan fingerprint density at radius 1 is 1.33 bits per heavy atom. The number of nitriles is 1. The van der Waals surface area contributed by atoms with Crippen LogP contribution in [0.5, 0.6) is 0 Å². The largest absolute Gasteiger partial charge is 0.397 e. The molecule has 98 valence electrons. The first kappa shape index (κ1) is 14.4. The van der Waals surface area contributed by atoms with E-state index in [0.29, 0.717) is 17.3 Å². The van der Waals surface area contributed by atoms with Crippen molar-refractivity contribution in [2.24, 2.45) is 0 Å². The number of nitrogen functional groups attached to an aromatic ring is 1. The average molecular weight is 245 g/mol. The minimum Gasteiger partial charge on any atom is -0.397 e. The van der Waals surface area contributed by atoms with Crippen molar-refractivity contribution in [1.29, 1.82) is 5.26 Å². The van der Waals surface area contributed by atoms with E-state index in [-0.39, 0.29) is 0 Å². The highest BCUT2D eigenvalue weighted by atomic mass is 14.9. The van der Waals surface area contributed by atoms with Crippen molar-refractivity contribution in [2.75, 3.05) is 11.1 Å². The van der Waals surface area contributed by atoms with Gasteiger partial charge in [-0.1, -0.05) is 32.6 Å². The number of benzene rings is 1. The highest BCUT2D eigenvalue weighted by Crippen LogP contribution is 2.21. The molecule has 1 atom stereocenters. The van der Waals surface area contributed by atoms with Crippen LogP contribution in [-0.2, 0) is 0 Å². The van der Waals surface area contributed by atoms with Crippen LogP contribution < -0.4 is 11.1 Å². The summed E-state index contributed by atoms with van der Waals surface area (Å²) in [7, 11) is 0. The molecule has 3 nitrogen and oxygen atoms in total. The van der Waals surface area contributed by atoms with Gasteiger partial charge in [0.05, 0.1) is 23.0 Å². The summed E-state index contributed by atoms with van der Waals surface area (Å²) in [4.78, 5) is 0. The maximum Gasteiger partial charge on any atom is 0.0992 e. The zero-order valence-corrected chi connectivity index (χ0v) is 11.4. The zero-order chi connectivity index (χ0) is 13.4. The first-order chi connectivity index (χ1) is 8.67. The number of hydrogen-bond acceptors (Lipinski definition) is 3. The standard InChI is InChI=1S/C15H23N3/c1-3-4-5-6-7-12(2)18-15-9-8-13(11-16)10-14(15)17/h8-10,12,18H,3-7,17H2,1-2H3. The molecule has 1 unspecified atom stereocenters. The molecule has 0 aliphatic heterocycles. The van der Waals surface area contributed by atoms with Crippen LogP contribution in [0.4, 0.5) is 11.4 Å². The van der Waals surface area contributed by atoms with E-state index in [1.807, 2.05) is 6.07 Å². The van der Waals surface area contributed by atoms with Crippen LogP contribution in [0.25, 0.3) is 0 Å². The van der Waals surface area contributed by atoms with Gasteiger partial charge in [0.1, 0.15) is 0 Å². The number of rotatable bonds is 7. The van der Waals surface area contributed by atoms with Crippen molar-refractivity contribution >= 4 is 11.4 Å². The van der Waals surface area contributed by atoms with Gasteiger partial charge in [0.2, 0.25) is 0 Å². The molecule has 0 heterocycles. The maximum atomic E-state index is 8.78. The lowest BCUT2D eigenvalue weighted by atomic mass is 10.1. The molecular formula is C15H23N3. The second kappa shape index (κ2) is 7.60. The lowest BCUT2D eigenvalue weighted by Crippen LogP contribution is -2.16. The summed E-state index contributed by atoms with van der Waals surface area (Å²) in [5, 5.41) is 12.2. The number of unbranched alkanes of at least 4 members (excludes halogenated alkanes) is 3. The Morgan fingerprint density at radius 2 is 2.11 bits per heavy atom. The van der Waals surface area contributed by atoms with Gasteiger partial charge in [0.15, 0.2) is 0 Å². The minimum absolute atomic E-state index is 0.414. The summed E-state index contributed by atoms with van der Waals surface area (Å²) in [6.45, 7) is 4.39. The monoisotopic (exact) mass is 245 g/mol. The molecule has 1 rings (SSSR count). The van der Waals surface area contributed by atoms with Crippen LogP contribution in [0, 0.1) is 11.3 Å². The van der Waals surface area contributed by atoms with Crippen LogP contribution in [0.15, 0.2) is 18.2 Å². The molecule has 1 aromatic rings. The Kier molecular flexibility index (Phi) is 6.07. The predicted molar refractivity (Wildman–Crippen MR) is 77.4 cm³/mol. The maximum absolute atomic E-state index is 8.78. The molecule has 0 aromatic heterocycles. The van der Waals surface area contributed by atoms with E-state index in [1.54, 1.807) is 12.1 Å². The zero-order valence-electron chi connectivity index (χ0n) is 11.4. The van der Waals surface area contributed by atoms with Gasteiger partial charge in [-0.05, 0) is 31.5 Å². The summed E-state index contributed by atoms with van der Waals surface area (Å²) in [5.41, 5.74) is 8.09. The molecule has 0 fully saturated rings.